The minimum atomic E-state index is 0.536. The lowest BCUT2D eigenvalue weighted by molar-refractivity contribution is -0.0796. The van der Waals surface area contributed by atoms with Gasteiger partial charge in [0.25, 0.3) is 0 Å². The molecule has 0 radical (unpaired) electrons. The highest BCUT2D eigenvalue weighted by molar-refractivity contribution is 5.64. The van der Waals surface area contributed by atoms with Gasteiger partial charge in [0.05, 0.1) is 7.11 Å². The van der Waals surface area contributed by atoms with Crippen molar-refractivity contribution in [1.29, 1.82) is 0 Å². The number of hydrogen-bond donors (Lipinski definition) is 1. The van der Waals surface area contributed by atoms with Gasteiger partial charge >= 0.3 is 0 Å². The number of nitrogens with zero attached hydrogens (tertiary/aromatic N) is 1. The topological polar surface area (TPSA) is 56.8 Å². The van der Waals surface area contributed by atoms with Gasteiger partial charge in [-0.1, -0.05) is 17.7 Å². The van der Waals surface area contributed by atoms with Gasteiger partial charge in [-0.05, 0) is 49.0 Å². The molecule has 0 aliphatic heterocycles. The summed E-state index contributed by atoms with van der Waals surface area (Å²) in [7, 11) is 1.45. The molecule has 19 heavy (non-hydrogen) atoms. The van der Waals surface area contributed by atoms with Crippen LogP contribution >= 0.6 is 0 Å². The van der Waals surface area contributed by atoms with Gasteiger partial charge in [0.2, 0.25) is 0 Å². The van der Waals surface area contributed by atoms with Gasteiger partial charge in [-0.15, -0.1) is 0 Å². The van der Waals surface area contributed by atoms with Crippen molar-refractivity contribution in [3.8, 4) is 5.75 Å². The van der Waals surface area contributed by atoms with E-state index in [-0.39, 0.29) is 0 Å². The first kappa shape index (κ1) is 13.4. The molecule has 2 rings (SSSR count). The molecular weight excluding hydrogens is 244 g/mol. The van der Waals surface area contributed by atoms with Gasteiger partial charge < -0.3 is 15.1 Å². The number of aryl methyl sites for hydroxylation is 1. The molecule has 0 saturated carbocycles. The molecule has 1 N–H and O–H groups in total. The monoisotopic (exact) mass is 259 g/mol. The third-order valence-electron chi connectivity index (χ3n) is 2.58. The third-order valence-corrected chi connectivity index (χ3v) is 2.58. The predicted molar refractivity (Wildman–Crippen MR) is 73.9 cm³/mol. The maximum absolute atomic E-state index is 12.1. The zero-order chi connectivity index (χ0) is 13.7. The van der Waals surface area contributed by atoms with E-state index >= 15 is 0 Å². The fraction of sp³-hybridized carbons (Fsp3) is 0.143. The third kappa shape index (κ3) is 3.45. The van der Waals surface area contributed by atoms with Crippen molar-refractivity contribution < 1.29 is 9.68 Å². The van der Waals surface area contributed by atoms with E-state index in [9.17, 15) is 5.21 Å². The standard InChI is InChI=1S/C14H15N2O3/c1-11-3-5-12(6-4-11)16(17)13-7-9-14(10-8-13)19-15-18-2/h3-10,15H,1-2H3/q-1. The quantitative estimate of drug-likeness (QED) is 0.836. The summed E-state index contributed by atoms with van der Waals surface area (Å²) in [5.74, 6) is 0.558. The molecule has 0 unspecified atom stereocenters. The molecule has 5 nitrogen and oxygen atoms in total. The van der Waals surface area contributed by atoms with Crippen molar-refractivity contribution in [3.05, 3.63) is 59.3 Å². The van der Waals surface area contributed by atoms with Crippen LogP contribution in [0.1, 0.15) is 5.56 Å². The van der Waals surface area contributed by atoms with E-state index < -0.39 is 0 Å². The van der Waals surface area contributed by atoms with Crippen molar-refractivity contribution in [2.24, 2.45) is 0 Å². The van der Waals surface area contributed by atoms with Crippen molar-refractivity contribution in [2.75, 3.05) is 12.2 Å². The lowest BCUT2D eigenvalue weighted by atomic mass is 10.2. The van der Waals surface area contributed by atoms with Crippen molar-refractivity contribution >= 4 is 11.4 Å². The Balaban J connectivity index is 2.10. The van der Waals surface area contributed by atoms with Crippen LogP contribution in [0, 0.1) is 12.1 Å². The van der Waals surface area contributed by atoms with Crippen molar-refractivity contribution in [1.82, 2.24) is 5.64 Å². The molecule has 0 spiro atoms. The fourth-order valence-corrected chi connectivity index (χ4v) is 1.57. The summed E-state index contributed by atoms with van der Waals surface area (Å²) in [5.41, 5.74) is 4.50. The van der Waals surface area contributed by atoms with Crippen LogP contribution in [0.2, 0.25) is 0 Å². The van der Waals surface area contributed by atoms with Crippen LogP contribution in [0.25, 0.3) is 0 Å². The van der Waals surface area contributed by atoms with E-state index in [0.29, 0.717) is 17.1 Å². The molecule has 2 aromatic rings. The van der Waals surface area contributed by atoms with Gasteiger partial charge in [-0.25, -0.2) is 0 Å². The summed E-state index contributed by atoms with van der Waals surface area (Å²) in [6.07, 6.45) is 0. The summed E-state index contributed by atoms with van der Waals surface area (Å²) < 4.78 is 0. The van der Waals surface area contributed by atoms with Crippen LogP contribution in [0.3, 0.4) is 0 Å². The molecule has 0 saturated heterocycles. The maximum atomic E-state index is 12.1. The predicted octanol–water partition coefficient (Wildman–Crippen LogP) is 3.08. The van der Waals surface area contributed by atoms with Gasteiger partial charge in [-0.3, -0.25) is 4.84 Å². The Morgan fingerprint density at radius 3 is 2.00 bits per heavy atom. The smallest absolute Gasteiger partial charge is 0.150 e. The first-order valence-electron chi connectivity index (χ1n) is 5.79. The van der Waals surface area contributed by atoms with Gasteiger partial charge in [-0.2, -0.15) is 0 Å². The van der Waals surface area contributed by atoms with E-state index in [2.05, 4.69) is 10.5 Å². The van der Waals surface area contributed by atoms with Gasteiger partial charge in [0.1, 0.15) is 5.75 Å². The number of rotatable bonds is 5. The van der Waals surface area contributed by atoms with E-state index in [1.807, 2.05) is 19.1 Å². The Hall–Kier alpha value is -2.08. The summed E-state index contributed by atoms with van der Waals surface area (Å²) in [6, 6.07) is 14.1. The second-order valence-corrected chi connectivity index (χ2v) is 4.01. The molecular formula is C14H15N2O3-. The van der Waals surface area contributed by atoms with Crippen molar-refractivity contribution in [2.45, 2.75) is 6.92 Å². The lowest BCUT2D eigenvalue weighted by Gasteiger charge is -2.30. The molecule has 0 aliphatic carbocycles. The summed E-state index contributed by atoms with van der Waals surface area (Å²) in [4.78, 5) is 9.58. The first-order valence-corrected chi connectivity index (χ1v) is 5.79. The minimum absolute atomic E-state index is 0.536. The van der Waals surface area contributed by atoms with Gasteiger partial charge in [0.15, 0.2) is 0 Å². The average Bonchev–Trinajstić information content (AvgIpc) is 2.46. The average molecular weight is 259 g/mol. The number of benzene rings is 2. The summed E-state index contributed by atoms with van der Waals surface area (Å²) in [5, 5.41) is 13.0. The lowest BCUT2D eigenvalue weighted by Crippen LogP contribution is -2.16. The Labute approximate surface area is 111 Å². The zero-order valence-electron chi connectivity index (χ0n) is 10.8. The number of anilines is 2. The van der Waals surface area contributed by atoms with Crippen LogP contribution < -0.4 is 15.5 Å². The van der Waals surface area contributed by atoms with Crippen molar-refractivity contribution in [3.63, 3.8) is 0 Å². The maximum Gasteiger partial charge on any atom is 0.150 e. The molecule has 0 aromatic heterocycles. The Kier molecular flexibility index (Phi) is 4.35. The van der Waals surface area contributed by atoms with E-state index in [0.717, 1.165) is 10.6 Å². The molecule has 2 aromatic carbocycles. The van der Waals surface area contributed by atoms with Crippen LogP contribution in [-0.2, 0) is 4.84 Å². The molecule has 5 heteroatoms. The molecule has 0 heterocycles. The Morgan fingerprint density at radius 1 is 0.947 bits per heavy atom. The minimum Gasteiger partial charge on any atom is -0.754 e. The SMILES string of the molecule is CONOc1ccc(N([O-])c2ccc(C)cc2)cc1. The van der Waals surface area contributed by atoms with E-state index in [1.165, 1.54) is 7.11 Å². The van der Waals surface area contributed by atoms with E-state index in [4.69, 9.17) is 4.84 Å². The molecule has 100 valence electrons. The molecule has 0 amide bonds. The summed E-state index contributed by atoms with van der Waals surface area (Å²) >= 11 is 0. The van der Waals surface area contributed by atoms with E-state index in [1.54, 1.807) is 36.4 Å². The second-order valence-electron chi connectivity index (χ2n) is 4.01. The highest BCUT2D eigenvalue weighted by Crippen LogP contribution is 2.26. The summed E-state index contributed by atoms with van der Waals surface area (Å²) in [6.45, 7) is 1.98. The van der Waals surface area contributed by atoms with Gasteiger partial charge in [0, 0.05) is 11.4 Å². The molecule has 0 bridgehead atoms. The number of nitrogens with one attached hydrogen (secondary N) is 1. The fourth-order valence-electron chi connectivity index (χ4n) is 1.57. The van der Waals surface area contributed by atoms with Crippen LogP contribution in [-0.4, -0.2) is 7.11 Å². The largest absolute Gasteiger partial charge is 0.754 e. The van der Waals surface area contributed by atoms with Crippen LogP contribution in [0.15, 0.2) is 48.5 Å². The molecule has 0 atom stereocenters. The first-order chi connectivity index (χ1) is 9.20. The highest BCUT2D eigenvalue weighted by atomic mass is 16.9. The van der Waals surface area contributed by atoms with Crippen LogP contribution in [0.5, 0.6) is 5.75 Å². The second kappa shape index (κ2) is 6.19. The Bertz CT molecular complexity index is 511. The molecule has 0 fully saturated rings. The molecule has 0 aliphatic rings. The van der Waals surface area contributed by atoms with Crippen LogP contribution in [0.4, 0.5) is 11.4 Å². The highest BCUT2D eigenvalue weighted by Gasteiger charge is 2.00. The Morgan fingerprint density at radius 2 is 1.47 bits per heavy atom. The normalized spacial score (nSPS) is 10.3. The number of hydrogen-bond acceptors (Lipinski definition) is 5. The zero-order valence-corrected chi connectivity index (χ0v) is 10.8.